The van der Waals surface area contributed by atoms with E-state index in [0.717, 1.165) is 44.0 Å². The molecular formula is C17H22N2O. The Kier molecular flexibility index (Phi) is 3.90. The highest BCUT2D eigenvalue weighted by Gasteiger charge is 2.15. The van der Waals surface area contributed by atoms with Gasteiger partial charge >= 0.3 is 0 Å². The van der Waals surface area contributed by atoms with Gasteiger partial charge in [0.15, 0.2) is 0 Å². The van der Waals surface area contributed by atoms with Crippen molar-refractivity contribution >= 4 is 0 Å². The molecule has 2 heterocycles. The Hall–Kier alpha value is -1.58. The molecule has 0 spiro atoms. The zero-order chi connectivity index (χ0) is 13.9. The molecule has 0 fully saturated rings. The fourth-order valence-corrected chi connectivity index (χ4v) is 2.96. The van der Waals surface area contributed by atoms with Crippen LogP contribution in [0.15, 0.2) is 34.7 Å². The molecule has 1 aromatic heterocycles. The van der Waals surface area contributed by atoms with E-state index >= 15 is 0 Å². The molecule has 2 aromatic rings. The Bertz CT molecular complexity index is 561. The summed E-state index contributed by atoms with van der Waals surface area (Å²) in [7, 11) is 0. The van der Waals surface area contributed by atoms with Gasteiger partial charge in [-0.05, 0) is 42.5 Å². The summed E-state index contributed by atoms with van der Waals surface area (Å²) in [5.74, 6) is 1.95. The molecule has 106 valence electrons. The number of benzene rings is 1. The molecule has 0 radical (unpaired) electrons. The average molecular weight is 270 g/mol. The molecule has 20 heavy (non-hydrogen) atoms. The van der Waals surface area contributed by atoms with E-state index in [1.165, 1.54) is 16.7 Å². The lowest BCUT2D eigenvalue weighted by Crippen LogP contribution is -2.25. The van der Waals surface area contributed by atoms with Gasteiger partial charge in [0.05, 0.1) is 13.1 Å². The number of furan rings is 1. The van der Waals surface area contributed by atoms with Crippen LogP contribution in [0.4, 0.5) is 0 Å². The lowest BCUT2D eigenvalue weighted by Gasteiger charge is -2.17. The van der Waals surface area contributed by atoms with Crippen molar-refractivity contribution in [2.75, 3.05) is 13.1 Å². The van der Waals surface area contributed by atoms with Crippen LogP contribution in [0.25, 0.3) is 0 Å². The third-order valence-electron chi connectivity index (χ3n) is 4.15. The highest BCUT2D eigenvalue weighted by Crippen LogP contribution is 2.19. The Morgan fingerprint density at radius 2 is 1.80 bits per heavy atom. The molecule has 0 amide bonds. The maximum absolute atomic E-state index is 5.82. The van der Waals surface area contributed by atoms with Gasteiger partial charge in [-0.3, -0.25) is 4.90 Å². The van der Waals surface area contributed by atoms with E-state index in [1.807, 2.05) is 0 Å². The maximum Gasteiger partial charge on any atom is 0.120 e. The summed E-state index contributed by atoms with van der Waals surface area (Å²) in [5.41, 5.74) is 9.83. The number of hydrogen-bond donors (Lipinski definition) is 1. The summed E-state index contributed by atoms with van der Waals surface area (Å²) in [5, 5.41) is 0. The van der Waals surface area contributed by atoms with Gasteiger partial charge < -0.3 is 10.2 Å². The van der Waals surface area contributed by atoms with E-state index in [1.54, 1.807) is 0 Å². The standard InChI is InChI=1S/C17H22N2O/c1-13-10-16(20-17(13)11-18)12-19-8-6-14-4-2-3-5-15(14)7-9-19/h2-5,10H,6-9,11-12,18H2,1H3. The average Bonchev–Trinajstić information content (AvgIpc) is 2.69. The van der Waals surface area contributed by atoms with E-state index in [0.29, 0.717) is 6.54 Å². The molecule has 0 bridgehead atoms. The van der Waals surface area contributed by atoms with Gasteiger partial charge in [0.2, 0.25) is 0 Å². The van der Waals surface area contributed by atoms with Crippen molar-refractivity contribution in [3.63, 3.8) is 0 Å². The minimum absolute atomic E-state index is 0.483. The molecule has 2 N–H and O–H groups in total. The minimum atomic E-state index is 0.483. The second-order valence-corrected chi connectivity index (χ2v) is 5.57. The van der Waals surface area contributed by atoms with Crippen LogP contribution in [0.2, 0.25) is 0 Å². The fraction of sp³-hybridized carbons (Fsp3) is 0.412. The number of fused-ring (bicyclic) bond motifs is 1. The minimum Gasteiger partial charge on any atom is -0.463 e. The van der Waals surface area contributed by atoms with Gasteiger partial charge in [-0.25, -0.2) is 0 Å². The van der Waals surface area contributed by atoms with Gasteiger partial charge in [-0.15, -0.1) is 0 Å². The van der Waals surface area contributed by atoms with Gasteiger partial charge in [0, 0.05) is 13.1 Å². The number of rotatable bonds is 3. The number of aryl methyl sites for hydroxylation is 1. The summed E-state index contributed by atoms with van der Waals surface area (Å²) < 4.78 is 5.82. The van der Waals surface area contributed by atoms with Gasteiger partial charge in [0.1, 0.15) is 11.5 Å². The largest absolute Gasteiger partial charge is 0.463 e. The van der Waals surface area contributed by atoms with Crippen LogP contribution in [-0.2, 0) is 25.9 Å². The molecule has 0 saturated heterocycles. The summed E-state index contributed by atoms with van der Waals surface area (Å²) in [6.07, 6.45) is 2.25. The molecule has 1 aromatic carbocycles. The number of hydrogen-bond acceptors (Lipinski definition) is 3. The zero-order valence-electron chi connectivity index (χ0n) is 12.1. The molecule has 1 aliphatic rings. The predicted molar refractivity (Wildman–Crippen MR) is 80.5 cm³/mol. The second-order valence-electron chi connectivity index (χ2n) is 5.57. The Morgan fingerprint density at radius 1 is 1.15 bits per heavy atom. The van der Waals surface area contributed by atoms with Crippen molar-refractivity contribution in [3.8, 4) is 0 Å². The van der Waals surface area contributed by atoms with Crippen molar-refractivity contribution < 1.29 is 4.42 Å². The third-order valence-corrected chi connectivity index (χ3v) is 4.15. The highest BCUT2D eigenvalue weighted by atomic mass is 16.3. The quantitative estimate of drug-likeness (QED) is 0.932. The first-order valence-corrected chi connectivity index (χ1v) is 7.33. The third kappa shape index (κ3) is 2.79. The molecular weight excluding hydrogens is 248 g/mol. The van der Waals surface area contributed by atoms with Crippen LogP contribution in [0, 0.1) is 6.92 Å². The molecule has 3 heteroatoms. The summed E-state index contributed by atoms with van der Waals surface area (Å²) >= 11 is 0. The Balaban J connectivity index is 1.68. The second kappa shape index (κ2) is 5.81. The topological polar surface area (TPSA) is 42.4 Å². The summed E-state index contributed by atoms with van der Waals surface area (Å²) in [6.45, 7) is 5.61. The Labute approximate surface area is 120 Å². The first kappa shape index (κ1) is 13.4. The van der Waals surface area contributed by atoms with Crippen LogP contribution in [0.3, 0.4) is 0 Å². The van der Waals surface area contributed by atoms with E-state index in [9.17, 15) is 0 Å². The lowest BCUT2D eigenvalue weighted by atomic mass is 10.0. The first-order chi connectivity index (χ1) is 9.76. The van der Waals surface area contributed by atoms with Crippen molar-refractivity contribution in [2.45, 2.75) is 32.9 Å². The van der Waals surface area contributed by atoms with Crippen LogP contribution in [0.5, 0.6) is 0 Å². The molecule has 1 aliphatic heterocycles. The zero-order valence-corrected chi connectivity index (χ0v) is 12.1. The maximum atomic E-state index is 5.82. The van der Waals surface area contributed by atoms with E-state index in [-0.39, 0.29) is 0 Å². The van der Waals surface area contributed by atoms with Crippen LogP contribution < -0.4 is 5.73 Å². The van der Waals surface area contributed by atoms with Gasteiger partial charge in [0.25, 0.3) is 0 Å². The first-order valence-electron chi connectivity index (χ1n) is 7.33. The number of nitrogens with zero attached hydrogens (tertiary/aromatic N) is 1. The monoisotopic (exact) mass is 270 g/mol. The van der Waals surface area contributed by atoms with Crippen molar-refractivity contribution in [3.05, 3.63) is 58.5 Å². The highest BCUT2D eigenvalue weighted by molar-refractivity contribution is 5.28. The van der Waals surface area contributed by atoms with Gasteiger partial charge in [-0.1, -0.05) is 24.3 Å². The molecule has 3 rings (SSSR count). The molecule has 0 atom stereocenters. The lowest BCUT2D eigenvalue weighted by molar-refractivity contribution is 0.252. The van der Waals surface area contributed by atoms with Gasteiger partial charge in [-0.2, -0.15) is 0 Å². The predicted octanol–water partition coefficient (Wildman–Crippen LogP) is 2.65. The van der Waals surface area contributed by atoms with Crippen molar-refractivity contribution in [1.29, 1.82) is 0 Å². The van der Waals surface area contributed by atoms with Crippen molar-refractivity contribution in [2.24, 2.45) is 5.73 Å². The fourth-order valence-electron chi connectivity index (χ4n) is 2.96. The van der Waals surface area contributed by atoms with Crippen LogP contribution in [-0.4, -0.2) is 18.0 Å². The Morgan fingerprint density at radius 3 is 2.35 bits per heavy atom. The molecule has 0 saturated carbocycles. The molecule has 0 aliphatic carbocycles. The van der Waals surface area contributed by atoms with E-state index < -0.39 is 0 Å². The SMILES string of the molecule is Cc1cc(CN2CCc3ccccc3CC2)oc1CN. The van der Waals surface area contributed by atoms with E-state index in [2.05, 4.69) is 42.2 Å². The molecule has 0 unspecified atom stereocenters. The summed E-state index contributed by atoms with van der Waals surface area (Å²) in [6, 6.07) is 10.9. The normalized spacial score (nSPS) is 15.9. The summed E-state index contributed by atoms with van der Waals surface area (Å²) in [4.78, 5) is 2.47. The van der Waals surface area contributed by atoms with Crippen LogP contribution >= 0.6 is 0 Å². The van der Waals surface area contributed by atoms with Crippen molar-refractivity contribution in [1.82, 2.24) is 4.90 Å². The van der Waals surface area contributed by atoms with Crippen LogP contribution in [0.1, 0.15) is 28.2 Å². The number of nitrogens with two attached hydrogens (primary N) is 1. The van der Waals surface area contributed by atoms with E-state index in [4.69, 9.17) is 10.2 Å². The molecule has 3 nitrogen and oxygen atoms in total. The smallest absolute Gasteiger partial charge is 0.120 e.